The van der Waals surface area contributed by atoms with Gasteiger partial charge in [0.2, 0.25) is 5.89 Å². The summed E-state index contributed by atoms with van der Waals surface area (Å²) < 4.78 is 18.8. The minimum Gasteiger partial charge on any atom is -0.408 e. The summed E-state index contributed by atoms with van der Waals surface area (Å²) in [6, 6.07) is 5.01. The van der Waals surface area contributed by atoms with Crippen LogP contribution in [0, 0.1) is 12.7 Å². The first-order valence-corrected chi connectivity index (χ1v) is 5.24. The second-order valence-electron chi connectivity index (χ2n) is 3.65. The molecule has 0 aliphatic carbocycles. The Morgan fingerprint density at radius 1 is 1.41 bits per heavy atom. The highest BCUT2D eigenvalue weighted by Gasteiger charge is 2.08. The van der Waals surface area contributed by atoms with Crippen LogP contribution in [0.3, 0.4) is 0 Å². The maximum atomic E-state index is 13.5. The van der Waals surface area contributed by atoms with Gasteiger partial charge in [0.25, 0.3) is 0 Å². The van der Waals surface area contributed by atoms with E-state index in [2.05, 4.69) is 15.5 Å². The van der Waals surface area contributed by atoms with Gasteiger partial charge < -0.3 is 15.5 Å². The summed E-state index contributed by atoms with van der Waals surface area (Å²) in [5.41, 5.74) is 6.51. The highest BCUT2D eigenvalue weighted by Crippen LogP contribution is 2.19. The highest BCUT2D eigenvalue weighted by molar-refractivity contribution is 5.53. The number of aryl methyl sites for hydroxylation is 1. The molecular formula is C11H13FN4O. The van der Waals surface area contributed by atoms with E-state index in [4.69, 9.17) is 10.2 Å². The van der Waals surface area contributed by atoms with Crippen LogP contribution in [0.4, 0.5) is 16.1 Å². The molecule has 0 atom stereocenters. The minimum atomic E-state index is -0.358. The molecule has 6 heteroatoms. The zero-order chi connectivity index (χ0) is 12.3. The molecule has 0 saturated heterocycles. The van der Waals surface area contributed by atoms with Crippen LogP contribution in [0.25, 0.3) is 0 Å². The molecule has 0 aliphatic heterocycles. The zero-order valence-corrected chi connectivity index (χ0v) is 9.40. The molecule has 0 fully saturated rings. The summed E-state index contributed by atoms with van der Waals surface area (Å²) in [5, 5.41) is 10.2. The largest absolute Gasteiger partial charge is 0.408 e. The molecule has 0 spiro atoms. The summed E-state index contributed by atoms with van der Waals surface area (Å²) in [7, 11) is 0. The fraction of sp³-hybridized carbons (Fsp3) is 0.273. The standard InChI is InChI=1S/C11H13FN4O/c1-7-2-3-9(8(12)6-7)14-11-16-15-10(17-11)4-5-13/h2-3,6H,4-5,13H2,1H3,(H,14,16). The summed E-state index contributed by atoms with van der Waals surface area (Å²) in [6.45, 7) is 2.25. The maximum absolute atomic E-state index is 13.5. The molecule has 1 aromatic carbocycles. The molecule has 0 bridgehead atoms. The van der Waals surface area contributed by atoms with Gasteiger partial charge in [-0.05, 0) is 24.6 Å². The van der Waals surface area contributed by atoms with E-state index >= 15 is 0 Å². The van der Waals surface area contributed by atoms with Gasteiger partial charge in [-0.25, -0.2) is 4.39 Å². The van der Waals surface area contributed by atoms with Gasteiger partial charge in [-0.1, -0.05) is 11.2 Å². The Kier molecular flexibility index (Phi) is 3.34. The summed E-state index contributed by atoms with van der Waals surface area (Å²) >= 11 is 0. The number of nitrogens with two attached hydrogens (primary N) is 1. The van der Waals surface area contributed by atoms with Crippen molar-refractivity contribution >= 4 is 11.7 Å². The van der Waals surface area contributed by atoms with Crippen LogP contribution in [0.15, 0.2) is 22.6 Å². The topological polar surface area (TPSA) is 77.0 Å². The monoisotopic (exact) mass is 236 g/mol. The first kappa shape index (κ1) is 11.5. The second-order valence-corrected chi connectivity index (χ2v) is 3.65. The average Bonchev–Trinajstić information content (AvgIpc) is 2.71. The van der Waals surface area contributed by atoms with E-state index in [0.29, 0.717) is 24.5 Å². The lowest BCUT2D eigenvalue weighted by Gasteiger charge is -2.03. The molecule has 5 nitrogen and oxygen atoms in total. The summed E-state index contributed by atoms with van der Waals surface area (Å²) in [5.74, 6) is 0.0751. The quantitative estimate of drug-likeness (QED) is 0.845. The zero-order valence-electron chi connectivity index (χ0n) is 9.40. The van der Waals surface area contributed by atoms with E-state index in [1.54, 1.807) is 12.1 Å². The van der Waals surface area contributed by atoms with Crippen molar-refractivity contribution in [3.05, 3.63) is 35.5 Å². The van der Waals surface area contributed by atoms with Gasteiger partial charge in [0, 0.05) is 13.0 Å². The third kappa shape index (κ3) is 2.79. The number of hydrogen-bond acceptors (Lipinski definition) is 5. The van der Waals surface area contributed by atoms with Crippen molar-refractivity contribution in [1.29, 1.82) is 0 Å². The van der Waals surface area contributed by atoms with Gasteiger partial charge in [0.15, 0.2) is 0 Å². The van der Waals surface area contributed by atoms with E-state index in [1.165, 1.54) is 6.07 Å². The molecule has 0 aliphatic rings. The Morgan fingerprint density at radius 3 is 2.94 bits per heavy atom. The molecule has 2 aromatic rings. The van der Waals surface area contributed by atoms with Crippen LogP contribution in [-0.2, 0) is 6.42 Å². The normalized spacial score (nSPS) is 10.5. The van der Waals surface area contributed by atoms with Crippen molar-refractivity contribution in [3.63, 3.8) is 0 Å². The number of halogens is 1. The summed E-state index contributed by atoms with van der Waals surface area (Å²) in [6.07, 6.45) is 0.505. The van der Waals surface area contributed by atoms with Crippen molar-refractivity contribution in [3.8, 4) is 0 Å². The van der Waals surface area contributed by atoms with Gasteiger partial charge in [-0.3, -0.25) is 0 Å². The third-order valence-electron chi connectivity index (χ3n) is 2.19. The lowest BCUT2D eigenvalue weighted by Crippen LogP contribution is -2.02. The van der Waals surface area contributed by atoms with E-state index in [9.17, 15) is 4.39 Å². The Morgan fingerprint density at radius 2 is 2.24 bits per heavy atom. The number of nitrogens with zero attached hydrogens (tertiary/aromatic N) is 2. The van der Waals surface area contributed by atoms with Gasteiger partial charge >= 0.3 is 6.01 Å². The van der Waals surface area contributed by atoms with Gasteiger partial charge in [0.1, 0.15) is 5.82 Å². The van der Waals surface area contributed by atoms with Crippen LogP contribution in [0.1, 0.15) is 11.5 Å². The maximum Gasteiger partial charge on any atom is 0.320 e. The van der Waals surface area contributed by atoms with E-state index in [-0.39, 0.29) is 11.8 Å². The van der Waals surface area contributed by atoms with Gasteiger partial charge in [-0.15, -0.1) is 5.10 Å². The first-order valence-electron chi connectivity index (χ1n) is 5.24. The third-order valence-corrected chi connectivity index (χ3v) is 2.19. The summed E-state index contributed by atoms with van der Waals surface area (Å²) in [4.78, 5) is 0. The average molecular weight is 236 g/mol. The van der Waals surface area contributed by atoms with E-state index in [0.717, 1.165) is 5.56 Å². The minimum absolute atomic E-state index is 0.163. The molecule has 0 radical (unpaired) electrons. The van der Waals surface area contributed by atoms with Crippen LogP contribution in [0.2, 0.25) is 0 Å². The molecule has 2 rings (SSSR count). The molecule has 3 N–H and O–H groups in total. The fourth-order valence-electron chi connectivity index (χ4n) is 1.37. The fourth-order valence-corrected chi connectivity index (χ4v) is 1.37. The number of hydrogen-bond donors (Lipinski definition) is 2. The Bertz CT molecular complexity index is 512. The van der Waals surface area contributed by atoms with Gasteiger partial charge in [-0.2, -0.15) is 0 Å². The molecule has 90 valence electrons. The van der Waals surface area contributed by atoms with Crippen molar-refractivity contribution < 1.29 is 8.81 Å². The van der Waals surface area contributed by atoms with Gasteiger partial charge in [0.05, 0.1) is 5.69 Å². The van der Waals surface area contributed by atoms with Crippen molar-refractivity contribution in [2.75, 3.05) is 11.9 Å². The second kappa shape index (κ2) is 4.92. The molecule has 1 heterocycles. The smallest absolute Gasteiger partial charge is 0.320 e. The lowest BCUT2D eigenvalue weighted by atomic mass is 10.2. The number of aromatic nitrogens is 2. The number of benzene rings is 1. The Balaban J connectivity index is 2.13. The Labute approximate surface area is 97.8 Å². The Hall–Kier alpha value is -1.95. The van der Waals surface area contributed by atoms with Crippen LogP contribution in [0.5, 0.6) is 0 Å². The number of rotatable bonds is 4. The predicted octanol–water partition coefficient (Wildman–Crippen LogP) is 1.76. The van der Waals surface area contributed by atoms with Crippen molar-refractivity contribution in [2.45, 2.75) is 13.3 Å². The van der Waals surface area contributed by atoms with E-state index < -0.39 is 0 Å². The van der Waals surface area contributed by atoms with Crippen molar-refractivity contribution in [1.82, 2.24) is 10.2 Å². The number of nitrogens with one attached hydrogen (secondary N) is 1. The molecule has 0 amide bonds. The lowest BCUT2D eigenvalue weighted by molar-refractivity contribution is 0.509. The molecule has 0 saturated carbocycles. The first-order chi connectivity index (χ1) is 8.19. The van der Waals surface area contributed by atoms with Crippen LogP contribution < -0.4 is 11.1 Å². The van der Waals surface area contributed by atoms with Crippen LogP contribution in [-0.4, -0.2) is 16.7 Å². The molecular weight excluding hydrogens is 223 g/mol. The van der Waals surface area contributed by atoms with E-state index in [1.807, 2.05) is 6.92 Å². The molecule has 1 aromatic heterocycles. The molecule has 0 unspecified atom stereocenters. The molecule has 17 heavy (non-hydrogen) atoms. The van der Waals surface area contributed by atoms with Crippen LogP contribution >= 0.6 is 0 Å². The predicted molar refractivity (Wildman–Crippen MR) is 61.5 cm³/mol. The number of anilines is 2. The SMILES string of the molecule is Cc1ccc(Nc2nnc(CCN)o2)c(F)c1. The van der Waals surface area contributed by atoms with Crippen molar-refractivity contribution in [2.24, 2.45) is 5.73 Å². The highest BCUT2D eigenvalue weighted by atomic mass is 19.1.